The largest absolute Gasteiger partial charge is 0.352 e. The second-order valence-electron chi connectivity index (χ2n) is 6.92. The van der Waals surface area contributed by atoms with Crippen molar-refractivity contribution in [3.05, 3.63) is 59.7 Å². The summed E-state index contributed by atoms with van der Waals surface area (Å²) in [6.07, 6.45) is 0.286. The van der Waals surface area contributed by atoms with E-state index < -0.39 is 10.0 Å². The van der Waals surface area contributed by atoms with Crippen molar-refractivity contribution in [3.63, 3.8) is 0 Å². The average Bonchev–Trinajstić information content (AvgIpc) is 2.76. The lowest BCUT2D eigenvalue weighted by Crippen LogP contribution is -2.36. The topological polar surface area (TPSA) is 95.6 Å². The molecule has 160 valence electrons. The molecular formula is C21H25N3O4S2. The molecule has 0 saturated carbocycles. The maximum Gasteiger partial charge on any atom is 0.227 e. The molecule has 0 spiro atoms. The third-order valence-corrected chi connectivity index (χ3v) is 7.15. The zero-order valence-corrected chi connectivity index (χ0v) is 18.4. The molecule has 1 aliphatic heterocycles. The summed E-state index contributed by atoms with van der Waals surface area (Å²) in [5, 5.41) is 2.81. The summed E-state index contributed by atoms with van der Waals surface area (Å²) in [6.45, 7) is 0.979. The van der Waals surface area contributed by atoms with E-state index in [0.717, 1.165) is 21.9 Å². The number of anilines is 1. The highest BCUT2D eigenvalue weighted by atomic mass is 32.2. The third-order valence-electron chi connectivity index (χ3n) is 4.78. The Kier molecular flexibility index (Phi) is 7.52. The van der Waals surface area contributed by atoms with E-state index in [1.165, 1.54) is 7.05 Å². The first-order valence-corrected chi connectivity index (χ1v) is 12.3. The quantitative estimate of drug-likeness (QED) is 0.647. The Morgan fingerprint density at radius 3 is 2.47 bits per heavy atom. The van der Waals surface area contributed by atoms with Gasteiger partial charge in [0.25, 0.3) is 0 Å². The van der Waals surface area contributed by atoms with E-state index in [1.807, 2.05) is 24.3 Å². The summed E-state index contributed by atoms with van der Waals surface area (Å²) in [5.74, 6) is 0.523. The van der Waals surface area contributed by atoms with Crippen molar-refractivity contribution in [2.24, 2.45) is 0 Å². The average molecular weight is 448 g/mol. The van der Waals surface area contributed by atoms with Crippen molar-refractivity contribution in [1.82, 2.24) is 10.0 Å². The normalized spacial score (nSPS) is 13.6. The van der Waals surface area contributed by atoms with E-state index in [1.54, 1.807) is 40.9 Å². The Morgan fingerprint density at radius 2 is 1.73 bits per heavy atom. The van der Waals surface area contributed by atoms with Crippen LogP contribution in [0.4, 0.5) is 5.69 Å². The number of benzene rings is 2. The molecule has 0 bridgehead atoms. The zero-order chi connectivity index (χ0) is 21.6. The molecule has 0 aliphatic carbocycles. The van der Waals surface area contributed by atoms with Crippen LogP contribution in [0.5, 0.6) is 0 Å². The van der Waals surface area contributed by atoms with Crippen LogP contribution in [0.3, 0.4) is 0 Å². The number of hydrogen-bond donors (Lipinski definition) is 2. The van der Waals surface area contributed by atoms with Gasteiger partial charge in [-0.1, -0.05) is 36.4 Å². The Balaban J connectivity index is 1.46. The van der Waals surface area contributed by atoms with Crippen molar-refractivity contribution >= 4 is 39.3 Å². The summed E-state index contributed by atoms with van der Waals surface area (Å²) in [4.78, 5) is 27.6. The molecule has 0 fully saturated rings. The number of carbonyl (C=O) groups excluding carboxylic acids is 2. The lowest BCUT2D eigenvalue weighted by molar-refractivity contribution is -0.125. The highest BCUT2D eigenvalue weighted by molar-refractivity contribution is 7.99. The Bertz CT molecular complexity index is 1010. The van der Waals surface area contributed by atoms with Crippen molar-refractivity contribution in [3.8, 4) is 0 Å². The van der Waals surface area contributed by atoms with E-state index in [4.69, 9.17) is 0 Å². The van der Waals surface area contributed by atoms with Gasteiger partial charge in [-0.3, -0.25) is 9.59 Å². The van der Waals surface area contributed by atoms with Gasteiger partial charge >= 0.3 is 0 Å². The highest BCUT2D eigenvalue weighted by Crippen LogP contribution is 2.34. The van der Waals surface area contributed by atoms with Gasteiger partial charge in [0.05, 0.1) is 11.4 Å². The number of rotatable bonds is 8. The van der Waals surface area contributed by atoms with E-state index in [2.05, 4.69) is 10.0 Å². The number of thioether (sulfide) groups is 1. The molecule has 1 heterocycles. The van der Waals surface area contributed by atoms with Crippen molar-refractivity contribution in [2.45, 2.75) is 30.0 Å². The van der Waals surface area contributed by atoms with Crippen LogP contribution in [-0.4, -0.2) is 39.6 Å². The maximum atomic E-state index is 12.6. The van der Waals surface area contributed by atoms with Gasteiger partial charge in [-0.2, -0.15) is 0 Å². The number of amides is 2. The van der Waals surface area contributed by atoms with Crippen molar-refractivity contribution in [1.29, 1.82) is 0 Å². The minimum atomic E-state index is -3.31. The van der Waals surface area contributed by atoms with Crippen molar-refractivity contribution < 1.29 is 18.0 Å². The van der Waals surface area contributed by atoms with Crippen LogP contribution < -0.4 is 14.9 Å². The molecule has 2 aromatic rings. The summed E-state index contributed by atoms with van der Waals surface area (Å²) in [5.41, 5.74) is 2.45. The van der Waals surface area contributed by atoms with Gasteiger partial charge in [-0.25, -0.2) is 13.1 Å². The standard InChI is InChI=1S/C21H25N3O4S2/c1-22-30(27,28)15-17-8-6-16(7-9-17)14-23-20(25)10-11-21(26)24-12-13-29-19-5-3-2-4-18(19)24/h2-9,22H,10-15H2,1H3,(H,23,25). The number of fused-ring (bicyclic) bond motifs is 1. The summed E-state index contributed by atoms with van der Waals surface area (Å²) >= 11 is 1.74. The van der Waals surface area contributed by atoms with Crippen molar-refractivity contribution in [2.75, 3.05) is 24.2 Å². The number of carbonyl (C=O) groups is 2. The predicted octanol–water partition coefficient (Wildman–Crippen LogP) is 2.27. The molecule has 3 rings (SSSR count). The molecule has 9 heteroatoms. The fourth-order valence-corrected chi connectivity index (χ4v) is 4.89. The molecule has 0 unspecified atom stereocenters. The summed E-state index contributed by atoms with van der Waals surface area (Å²) in [7, 11) is -1.93. The molecule has 1 aliphatic rings. The number of para-hydroxylation sites is 1. The van der Waals surface area contributed by atoms with E-state index in [-0.39, 0.29) is 30.4 Å². The predicted molar refractivity (Wildman–Crippen MR) is 119 cm³/mol. The highest BCUT2D eigenvalue weighted by Gasteiger charge is 2.22. The first kappa shape index (κ1) is 22.3. The molecular weight excluding hydrogens is 422 g/mol. The van der Waals surface area contributed by atoms with E-state index >= 15 is 0 Å². The first-order chi connectivity index (χ1) is 14.4. The second kappa shape index (κ2) is 10.1. The Morgan fingerprint density at radius 1 is 1.03 bits per heavy atom. The number of hydrogen-bond acceptors (Lipinski definition) is 5. The molecule has 0 radical (unpaired) electrons. The zero-order valence-electron chi connectivity index (χ0n) is 16.8. The minimum Gasteiger partial charge on any atom is -0.352 e. The SMILES string of the molecule is CNS(=O)(=O)Cc1ccc(CNC(=O)CCC(=O)N2CCSc3ccccc32)cc1. The fourth-order valence-electron chi connectivity index (χ4n) is 3.12. The lowest BCUT2D eigenvalue weighted by Gasteiger charge is -2.29. The van der Waals surface area contributed by atoms with Crippen LogP contribution >= 0.6 is 11.8 Å². The number of nitrogens with one attached hydrogen (secondary N) is 2. The van der Waals surface area contributed by atoms with Gasteiger partial charge in [0.2, 0.25) is 21.8 Å². The maximum absolute atomic E-state index is 12.6. The van der Waals surface area contributed by atoms with Gasteiger partial charge in [-0.05, 0) is 30.3 Å². The van der Waals surface area contributed by atoms with E-state index in [9.17, 15) is 18.0 Å². The van der Waals surface area contributed by atoms with Gasteiger partial charge in [0.15, 0.2) is 0 Å². The van der Waals surface area contributed by atoms with Gasteiger partial charge in [0.1, 0.15) is 0 Å². The molecule has 2 aromatic carbocycles. The molecule has 0 atom stereocenters. The fraction of sp³-hybridized carbons (Fsp3) is 0.333. The molecule has 0 aromatic heterocycles. The minimum absolute atomic E-state index is 0.0482. The number of sulfonamides is 1. The van der Waals surface area contributed by atoms with Gasteiger partial charge < -0.3 is 10.2 Å². The molecule has 2 amide bonds. The summed E-state index contributed by atoms with van der Waals surface area (Å²) in [6, 6.07) is 14.8. The monoisotopic (exact) mass is 447 g/mol. The molecule has 0 saturated heterocycles. The van der Waals surface area contributed by atoms with Crippen LogP contribution in [0, 0.1) is 0 Å². The van der Waals surface area contributed by atoms with Gasteiger partial charge in [0, 0.05) is 36.6 Å². The molecule has 7 nitrogen and oxygen atoms in total. The molecule has 30 heavy (non-hydrogen) atoms. The first-order valence-electron chi connectivity index (χ1n) is 9.66. The second-order valence-corrected chi connectivity index (χ2v) is 9.98. The third kappa shape index (κ3) is 6.07. The smallest absolute Gasteiger partial charge is 0.227 e. The summed E-state index contributed by atoms with van der Waals surface area (Å²) < 4.78 is 25.4. The van der Waals surface area contributed by atoms with Crippen LogP contribution in [-0.2, 0) is 31.9 Å². The van der Waals surface area contributed by atoms with Crippen LogP contribution in [0.15, 0.2) is 53.4 Å². The lowest BCUT2D eigenvalue weighted by atomic mass is 10.1. The van der Waals surface area contributed by atoms with E-state index in [0.29, 0.717) is 18.7 Å². The van der Waals surface area contributed by atoms with Crippen LogP contribution in [0.25, 0.3) is 0 Å². The van der Waals surface area contributed by atoms with Gasteiger partial charge in [-0.15, -0.1) is 11.8 Å². The molecule has 2 N–H and O–H groups in total. The number of nitrogens with zero attached hydrogens (tertiary/aromatic N) is 1. The Labute approximate surface area is 181 Å². The van der Waals surface area contributed by atoms with Crippen LogP contribution in [0.2, 0.25) is 0 Å². The Hall–Kier alpha value is -2.36. The van der Waals surface area contributed by atoms with Crippen LogP contribution in [0.1, 0.15) is 24.0 Å².